The molecule has 1 atom stereocenters. The van der Waals surface area contributed by atoms with Gasteiger partial charge in [-0.25, -0.2) is 13.6 Å². The highest BCUT2D eigenvalue weighted by Gasteiger charge is 2.27. The van der Waals surface area contributed by atoms with E-state index in [2.05, 4.69) is 5.32 Å². The Morgan fingerprint density at radius 1 is 0.897 bits per heavy atom. The van der Waals surface area contributed by atoms with E-state index in [1.54, 1.807) is 43.3 Å². The van der Waals surface area contributed by atoms with Crippen molar-refractivity contribution in [1.29, 1.82) is 0 Å². The molecule has 1 unspecified atom stereocenters. The van der Waals surface area contributed by atoms with E-state index in [1.165, 1.54) is 12.1 Å². The van der Waals surface area contributed by atoms with E-state index in [0.29, 0.717) is 22.3 Å². The van der Waals surface area contributed by atoms with Crippen molar-refractivity contribution in [3.05, 3.63) is 89.0 Å². The Kier molecular flexibility index (Phi) is 4.56. The second-order valence-electron chi connectivity index (χ2n) is 6.95. The quantitative estimate of drug-likeness (QED) is 0.543. The molecule has 146 valence electrons. The Morgan fingerprint density at radius 2 is 1.59 bits per heavy atom. The second kappa shape index (κ2) is 6.95. The van der Waals surface area contributed by atoms with E-state index >= 15 is 0 Å². The maximum atomic E-state index is 12.7. The standard InChI is InChI=1S/C22H18N2O4S/c1-13(14-5-4-6-16(11-14)29(23,27)28)24-22(26)15-9-10-18-17-7-2-3-8-19(17)21(25)20(18)12-15/h2-13H,1H3,(H,24,26)(H2,23,27,28). The number of carbonyl (C=O) groups excluding carboxylic acids is 2. The van der Waals surface area contributed by atoms with Gasteiger partial charge in [-0.2, -0.15) is 0 Å². The van der Waals surface area contributed by atoms with Crippen LogP contribution in [0.3, 0.4) is 0 Å². The number of benzene rings is 3. The van der Waals surface area contributed by atoms with Crippen LogP contribution in [0, 0.1) is 0 Å². The molecule has 4 rings (SSSR count). The third-order valence-electron chi connectivity index (χ3n) is 5.02. The number of ketones is 1. The molecule has 1 amide bonds. The monoisotopic (exact) mass is 406 g/mol. The van der Waals surface area contributed by atoms with E-state index in [0.717, 1.165) is 11.1 Å². The van der Waals surface area contributed by atoms with Gasteiger partial charge in [0.15, 0.2) is 5.78 Å². The zero-order valence-corrected chi connectivity index (χ0v) is 16.4. The molecule has 29 heavy (non-hydrogen) atoms. The fourth-order valence-electron chi connectivity index (χ4n) is 3.49. The Morgan fingerprint density at radius 3 is 2.31 bits per heavy atom. The lowest BCUT2D eigenvalue weighted by Gasteiger charge is -2.15. The minimum Gasteiger partial charge on any atom is -0.346 e. The molecular formula is C22H18N2O4S. The van der Waals surface area contributed by atoms with Crippen LogP contribution in [0.4, 0.5) is 0 Å². The first-order valence-electron chi connectivity index (χ1n) is 8.97. The largest absolute Gasteiger partial charge is 0.346 e. The van der Waals surface area contributed by atoms with Crippen molar-refractivity contribution in [2.24, 2.45) is 5.14 Å². The van der Waals surface area contributed by atoms with Crippen LogP contribution in [-0.4, -0.2) is 20.1 Å². The van der Waals surface area contributed by atoms with Gasteiger partial charge in [-0.05, 0) is 47.9 Å². The minimum atomic E-state index is -3.83. The SMILES string of the molecule is CC(NC(=O)c1ccc2c(c1)C(=O)c1ccccc1-2)c1cccc(S(N)(=O)=O)c1. The molecule has 0 saturated heterocycles. The molecule has 0 aliphatic heterocycles. The zero-order valence-electron chi connectivity index (χ0n) is 15.5. The van der Waals surface area contributed by atoms with Gasteiger partial charge in [-0.3, -0.25) is 9.59 Å². The molecular weight excluding hydrogens is 388 g/mol. The van der Waals surface area contributed by atoms with E-state index in [9.17, 15) is 18.0 Å². The Labute approximate surface area is 168 Å². The van der Waals surface area contributed by atoms with Gasteiger partial charge in [-0.1, -0.05) is 42.5 Å². The fourth-order valence-corrected chi connectivity index (χ4v) is 4.06. The number of hydrogen-bond donors (Lipinski definition) is 2. The summed E-state index contributed by atoms with van der Waals surface area (Å²) in [7, 11) is -3.83. The maximum absolute atomic E-state index is 12.7. The molecule has 3 aromatic carbocycles. The Hall–Kier alpha value is -3.29. The summed E-state index contributed by atoms with van der Waals surface area (Å²) in [5.41, 5.74) is 3.79. The summed E-state index contributed by atoms with van der Waals surface area (Å²) in [6.07, 6.45) is 0. The van der Waals surface area contributed by atoms with Crippen LogP contribution in [0.5, 0.6) is 0 Å². The number of nitrogens with one attached hydrogen (secondary N) is 1. The normalized spacial score (nSPS) is 13.5. The topological polar surface area (TPSA) is 106 Å². The number of amides is 1. The van der Waals surface area contributed by atoms with Crippen LogP contribution in [0.25, 0.3) is 11.1 Å². The highest BCUT2D eigenvalue weighted by atomic mass is 32.2. The summed E-state index contributed by atoms with van der Waals surface area (Å²) >= 11 is 0. The lowest BCUT2D eigenvalue weighted by atomic mass is 10.0. The Bertz CT molecular complexity index is 1270. The predicted octanol–water partition coefficient (Wildman–Crippen LogP) is 3.04. The lowest BCUT2D eigenvalue weighted by Crippen LogP contribution is -2.27. The molecule has 7 heteroatoms. The number of sulfonamides is 1. The molecule has 3 aromatic rings. The van der Waals surface area contributed by atoms with Crippen LogP contribution in [0.15, 0.2) is 71.6 Å². The lowest BCUT2D eigenvalue weighted by molar-refractivity contribution is 0.0940. The predicted molar refractivity (Wildman–Crippen MR) is 109 cm³/mol. The zero-order chi connectivity index (χ0) is 20.8. The van der Waals surface area contributed by atoms with Gasteiger partial charge in [0.1, 0.15) is 0 Å². The van der Waals surface area contributed by atoms with Crippen LogP contribution < -0.4 is 10.5 Å². The first-order chi connectivity index (χ1) is 13.8. The second-order valence-corrected chi connectivity index (χ2v) is 8.51. The average molecular weight is 406 g/mol. The highest BCUT2D eigenvalue weighted by Crippen LogP contribution is 2.36. The summed E-state index contributed by atoms with van der Waals surface area (Å²) in [6.45, 7) is 1.74. The first kappa shape index (κ1) is 19.0. The fraction of sp³-hybridized carbons (Fsp3) is 0.0909. The molecule has 0 radical (unpaired) electrons. The van der Waals surface area contributed by atoms with Crippen LogP contribution >= 0.6 is 0 Å². The molecule has 1 aliphatic carbocycles. The van der Waals surface area contributed by atoms with Gasteiger partial charge >= 0.3 is 0 Å². The number of carbonyl (C=O) groups is 2. The molecule has 0 fully saturated rings. The average Bonchev–Trinajstić information content (AvgIpc) is 2.99. The molecule has 0 saturated carbocycles. The van der Waals surface area contributed by atoms with Crippen molar-refractivity contribution in [2.75, 3.05) is 0 Å². The third-order valence-corrected chi connectivity index (χ3v) is 5.93. The van der Waals surface area contributed by atoms with Gasteiger partial charge in [-0.15, -0.1) is 0 Å². The van der Waals surface area contributed by atoms with E-state index in [-0.39, 0.29) is 16.6 Å². The number of rotatable bonds is 4. The summed E-state index contributed by atoms with van der Waals surface area (Å²) < 4.78 is 23.1. The van der Waals surface area contributed by atoms with Crippen LogP contribution in [0.1, 0.15) is 44.8 Å². The van der Waals surface area contributed by atoms with Crippen molar-refractivity contribution in [3.8, 4) is 11.1 Å². The number of nitrogens with two attached hydrogens (primary N) is 1. The number of fused-ring (bicyclic) bond motifs is 3. The molecule has 0 aromatic heterocycles. The third kappa shape index (κ3) is 3.46. The van der Waals surface area contributed by atoms with Crippen LogP contribution in [0.2, 0.25) is 0 Å². The van der Waals surface area contributed by atoms with Gasteiger partial charge in [0.2, 0.25) is 10.0 Å². The smallest absolute Gasteiger partial charge is 0.251 e. The number of primary sulfonamides is 1. The van der Waals surface area contributed by atoms with Crippen molar-refractivity contribution in [2.45, 2.75) is 17.9 Å². The van der Waals surface area contributed by atoms with Gasteiger partial charge in [0, 0.05) is 16.7 Å². The molecule has 0 bridgehead atoms. The van der Waals surface area contributed by atoms with Crippen molar-refractivity contribution < 1.29 is 18.0 Å². The molecule has 0 heterocycles. The number of hydrogen-bond acceptors (Lipinski definition) is 4. The molecule has 1 aliphatic rings. The minimum absolute atomic E-state index is 0.0167. The van der Waals surface area contributed by atoms with Gasteiger partial charge in [0.25, 0.3) is 5.91 Å². The molecule has 0 spiro atoms. The summed E-state index contributed by atoms with van der Waals surface area (Å²) in [5, 5.41) is 8.00. The van der Waals surface area contributed by atoms with E-state index in [4.69, 9.17) is 5.14 Å². The van der Waals surface area contributed by atoms with Crippen molar-refractivity contribution in [1.82, 2.24) is 5.32 Å². The van der Waals surface area contributed by atoms with Crippen molar-refractivity contribution >= 4 is 21.7 Å². The molecule has 3 N–H and O–H groups in total. The highest BCUT2D eigenvalue weighted by molar-refractivity contribution is 7.89. The summed E-state index contributed by atoms with van der Waals surface area (Å²) in [6, 6.07) is 18.1. The van der Waals surface area contributed by atoms with Crippen molar-refractivity contribution in [3.63, 3.8) is 0 Å². The summed E-state index contributed by atoms with van der Waals surface area (Å²) in [4.78, 5) is 25.3. The van der Waals surface area contributed by atoms with Crippen LogP contribution in [-0.2, 0) is 10.0 Å². The van der Waals surface area contributed by atoms with E-state index in [1.807, 2.05) is 18.2 Å². The summed E-state index contributed by atoms with van der Waals surface area (Å²) in [5.74, 6) is -0.454. The Balaban J connectivity index is 1.58. The maximum Gasteiger partial charge on any atom is 0.251 e. The van der Waals surface area contributed by atoms with Gasteiger partial charge in [0.05, 0.1) is 10.9 Å². The molecule has 6 nitrogen and oxygen atoms in total. The first-order valence-corrected chi connectivity index (χ1v) is 10.5. The van der Waals surface area contributed by atoms with Gasteiger partial charge < -0.3 is 5.32 Å². The van der Waals surface area contributed by atoms with E-state index < -0.39 is 16.1 Å².